The fraction of sp³-hybridized carbons (Fsp3) is 0.826. The van der Waals surface area contributed by atoms with Crippen molar-refractivity contribution in [1.29, 1.82) is 0 Å². The molecule has 0 radical (unpaired) electrons. The molecule has 0 heterocycles. The third-order valence-corrected chi connectivity index (χ3v) is 11.7. The van der Waals surface area contributed by atoms with Crippen molar-refractivity contribution in [2.24, 2.45) is 11.8 Å². The second-order valence-electron chi connectivity index (χ2n) is 17.4. The van der Waals surface area contributed by atoms with Crippen molar-refractivity contribution in [1.82, 2.24) is 0 Å². The molecule has 344 valence electrons. The topological polar surface area (TPSA) is 169 Å². The average molecular weight is 859 g/mol. The van der Waals surface area contributed by atoms with E-state index in [1.807, 2.05) is 27.2 Å². The number of rotatable bonds is 37. The molecule has 13 heteroatoms. The number of aliphatic hydroxyl groups excluding tert-OH is 3. The summed E-state index contributed by atoms with van der Waals surface area (Å²) in [6.45, 7) is 4.03. The number of phosphoric ester groups is 1. The normalized spacial score (nSPS) is 20.8. The molecular weight excluding hydrogens is 773 g/mol. The molecule has 1 aliphatic carbocycles. The number of aliphatic hydroxyl groups is 3. The molecule has 0 aromatic heterocycles. The molecule has 0 aromatic rings. The molecule has 1 unspecified atom stereocenters. The van der Waals surface area contributed by atoms with Gasteiger partial charge >= 0.3 is 19.8 Å². The van der Waals surface area contributed by atoms with E-state index in [0.717, 1.165) is 89.9 Å². The molecule has 0 spiro atoms. The van der Waals surface area contributed by atoms with Crippen molar-refractivity contribution in [3.8, 4) is 0 Å². The number of allylic oxidation sites excluding steroid dienone is 4. The highest BCUT2D eigenvalue weighted by Gasteiger charge is 2.39. The van der Waals surface area contributed by atoms with Gasteiger partial charge in [0, 0.05) is 25.2 Å². The molecule has 12 nitrogen and oxygen atoms in total. The van der Waals surface area contributed by atoms with Crippen molar-refractivity contribution in [3.05, 3.63) is 36.5 Å². The monoisotopic (exact) mass is 859 g/mol. The van der Waals surface area contributed by atoms with Crippen molar-refractivity contribution in [2.45, 2.75) is 186 Å². The first-order valence-electron chi connectivity index (χ1n) is 23.0. The minimum Gasteiger partial charge on any atom is -0.462 e. The molecule has 1 fully saturated rings. The number of carbonyl (C=O) groups excluding carboxylic acids is 2. The first-order chi connectivity index (χ1) is 28.2. The average Bonchev–Trinajstić information content (AvgIpc) is 3.44. The Morgan fingerprint density at radius 2 is 1.34 bits per heavy atom. The first kappa shape index (κ1) is 55.1. The van der Waals surface area contributed by atoms with E-state index in [4.69, 9.17) is 18.5 Å². The van der Waals surface area contributed by atoms with Crippen LogP contribution in [-0.4, -0.2) is 109 Å². The number of likely N-dealkylation sites (N-methyl/N-ethyl adjacent to an activating group) is 1. The van der Waals surface area contributed by atoms with Gasteiger partial charge in [-0.25, -0.2) is 4.57 Å². The van der Waals surface area contributed by atoms with Crippen LogP contribution in [0, 0.1) is 11.8 Å². The van der Waals surface area contributed by atoms with E-state index in [0.29, 0.717) is 36.7 Å². The summed E-state index contributed by atoms with van der Waals surface area (Å²) in [7, 11) is 1.33. The number of hydrogen-bond donors (Lipinski definition) is 4. The predicted molar refractivity (Wildman–Crippen MR) is 235 cm³/mol. The van der Waals surface area contributed by atoms with Crippen LogP contribution >= 0.6 is 7.82 Å². The SMILES string of the molecule is CCCCC/C=C\C/C=C\CCCCCCCC(=O)OC[C@H](COP(=O)(O)OCC[N+](C)(C)C)OC(=O)CCCCCC[C@@H]1[C@@H](/C=C/[C@@H](O)CCCCC)[C@H](O)C[C@@H]1O. The molecule has 0 saturated heterocycles. The van der Waals surface area contributed by atoms with Gasteiger partial charge in [0.25, 0.3) is 0 Å². The zero-order valence-corrected chi connectivity index (χ0v) is 38.5. The van der Waals surface area contributed by atoms with Gasteiger partial charge in [0.2, 0.25) is 0 Å². The minimum atomic E-state index is -4.44. The van der Waals surface area contributed by atoms with Crippen molar-refractivity contribution >= 4 is 19.8 Å². The van der Waals surface area contributed by atoms with E-state index in [9.17, 15) is 34.4 Å². The maximum Gasteiger partial charge on any atom is 0.472 e. The Kier molecular flexibility index (Phi) is 31.5. The number of phosphoric acid groups is 1. The highest BCUT2D eigenvalue weighted by molar-refractivity contribution is 7.47. The van der Waals surface area contributed by atoms with Gasteiger partial charge in [-0.1, -0.05) is 121 Å². The molecule has 7 atom stereocenters. The number of unbranched alkanes of at least 4 members (excludes halogenated alkanes) is 13. The zero-order chi connectivity index (χ0) is 43.8. The van der Waals surface area contributed by atoms with Gasteiger partial charge in [-0.3, -0.25) is 18.6 Å². The fourth-order valence-electron chi connectivity index (χ4n) is 7.08. The van der Waals surface area contributed by atoms with Crippen LogP contribution in [0.3, 0.4) is 0 Å². The van der Waals surface area contributed by atoms with Crippen LogP contribution in [-0.2, 0) is 32.7 Å². The van der Waals surface area contributed by atoms with E-state index in [1.165, 1.54) is 19.3 Å². The third-order valence-electron chi connectivity index (χ3n) is 10.7. The molecule has 0 bridgehead atoms. The van der Waals surface area contributed by atoms with Gasteiger partial charge in [0.05, 0.1) is 46.1 Å². The molecule has 0 amide bonds. The van der Waals surface area contributed by atoms with Gasteiger partial charge in [-0.2, -0.15) is 0 Å². The number of carbonyl (C=O) groups is 2. The molecule has 1 aliphatic rings. The highest BCUT2D eigenvalue weighted by atomic mass is 31.2. The summed E-state index contributed by atoms with van der Waals surface area (Å²) in [5.74, 6) is -1.25. The summed E-state index contributed by atoms with van der Waals surface area (Å²) in [4.78, 5) is 35.6. The minimum absolute atomic E-state index is 0.00976. The zero-order valence-electron chi connectivity index (χ0n) is 37.6. The highest BCUT2D eigenvalue weighted by Crippen LogP contribution is 2.43. The lowest BCUT2D eigenvalue weighted by Gasteiger charge is -2.24. The van der Waals surface area contributed by atoms with Crippen LogP contribution in [0.4, 0.5) is 0 Å². The lowest BCUT2D eigenvalue weighted by atomic mass is 9.88. The molecule has 0 aliphatic heterocycles. The van der Waals surface area contributed by atoms with Crippen LogP contribution in [0.25, 0.3) is 0 Å². The quantitative estimate of drug-likeness (QED) is 0.0154. The van der Waals surface area contributed by atoms with Gasteiger partial charge in [0.1, 0.15) is 19.8 Å². The lowest BCUT2D eigenvalue weighted by molar-refractivity contribution is -0.870. The Labute approximate surface area is 358 Å². The Morgan fingerprint density at radius 3 is 2.00 bits per heavy atom. The van der Waals surface area contributed by atoms with Gasteiger partial charge in [-0.15, -0.1) is 0 Å². The summed E-state index contributed by atoms with van der Waals surface area (Å²) in [5.41, 5.74) is 0. The molecule has 0 aromatic carbocycles. The molecule has 1 saturated carbocycles. The Hall–Kier alpha value is -1.89. The van der Waals surface area contributed by atoms with Crippen molar-refractivity contribution in [3.63, 3.8) is 0 Å². The van der Waals surface area contributed by atoms with Crippen molar-refractivity contribution < 1.29 is 57.4 Å². The number of ether oxygens (including phenoxy) is 2. The second-order valence-corrected chi connectivity index (χ2v) is 18.9. The maximum absolute atomic E-state index is 12.8. The first-order valence-corrected chi connectivity index (χ1v) is 24.5. The summed E-state index contributed by atoms with van der Waals surface area (Å²) in [6.07, 6.45) is 29.7. The van der Waals surface area contributed by atoms with Crippen molar-refractivity contribution in [2.75, 3.05) is 47.5 Å². The molecule has 4 N–H and O–H groups in total. The smallest absolute Gasteiger partial charge is 0.462 e. The van der Waals surface area contributed by atoms with Crippen LogP contribution < -0.4 is 0 Å². The van der Waals surface area contributed by atoms with E-state index in [-0.39, 0.29) is 37.9 Å². The lowest BCUT2D eigenvalue weighted by Crippen LogP contribution is -2.37. The predicted octanol–water partition coefficient (Wildman–Crippen LogP) is 9.29. The molecule has 1 rings (SSSR count). The summed E-state index contributed by atoms with van der Waals surface area (Å²) < 4.78 is 34.3. The number of hydrogen-bond acceptors (Lipinski definition) is 10. The second kappa shape index (κ2) is 33.7. The summed E-state index contributed by atoms with van der Waals surface area (Å²) in [6, 6.07) is 0. The van der Waals surface area contributed by atoms with Crippen LogP contribution in [0.1, 0.15) is 162 Å². The molecular formula is C46H85NO11P+. The summed E-state index contributed by atoms with van der Waals surface area (Å²) >= 11 is 0. The van der Waals surface area contributed by atoms with Crippen LogP contribution in [0.2, 0.25) is 0 Å². The standard InChI is InChI=1S/C46H84NO11P/c1-6-8-10-11-12-13-14-15-16-17-18-19-20-21-26-30-45(51)55-37-40(38-57-59(53,54)56-35-34-47(3,4)5)58-46(52)31-27-23-22-25-29-41-42(44(50)36-43(41)49)33-32-39(48)28-24-9-7-2/h12-13,15-16,32-33,39-44,48-50H,6-11,14,17-31,34-38H2,1-5H3/p+1/b13-12-,16-15-,33-32+/t39-,40+,41+,42+,43-,44+/m0/s1. The maximum atomic E-state index is 12.8. The van der Waals surface area contributed by atoms with E-state index < -0.39 is 50.8 Å². The summed E-state index contributed by atoms with van der Waals surface area (Å²) in [5, 5.41) is 31.5. The van der Waals surface area contributed by atoms with Gasteiger partial charge in [-0.05, 0) is 63.7 Å². The van der Waals surface area contributed by atoms with Crippen LogP contribution in [0.5, 0.6) is 0 Å². The fourth-order valence-corrected chi connectivity index (χ4v) is 7.82. The number of nitrogens with zero attached hydrogens (tertiary/aromatic N) is 1. The van der Waals surface area contributed by atoms with Gasteiger partial charge < -0.3 is 34.2 Å². The number of esters is 2. The third kappa shape index (κ3) is 30.7. The van der Waals surface area contributed by atoms with Gasteiger partial charge in [0.15, 0.2) is 6.10 Å². The Bertz CT molecular complexity index is 1220. The van der Waals surface area contributed by atoms with Crippen LogP contribution in [0.15, 0.2) is 36.5 Å². The Balaban J connectivity index is 2.48. The Morgan fingerprint density at radius 1 is 0.746 bits per heavy atom. The number of quaternary nitrogens is 1. The van der Waals surface area contributed by atoms with E-state index in [1.54, 1.807) is 6.08 Å². The van der Waals surface area contributed by atoms with E-state index in [2.05, 4.69) is 38.2 Å². The largest absolute Gasteiger partial charge is 0.472 e. The molecule has 59 heavy (non-hydrogen) atoms. The van der Waals surface area contributed by atoms with E-state index >= 15 is 0 Å².